The molecule has 24 heavy (non-hydrogen) atoms. The van der Waals surface area contributed by atoms with E-state index in [1.807, 2.05) is 48.0 Å². The Bertz CT molecular complexity index is 1190. The first kappa shape index (κ1) is 14.5. The molecule has 0 aliphatic rings. The van der Waals surface area contributed by atoms with Crippen LogP contribution in [0.1, 0.15) is 11.3 Å². The van der Waals surface area contributed by atoms with Gasteiger partial charge in [0.05, 0.1) is 6.54 Å². The fraction of sp³-hybridized carbons (Fsp3) is 0.235. The van der Waals surface area contributed by atoms with E-state index in [1.54, 1.807) is 11.4 Å². The summed E-state index contributed by atoms with van der Waals surface area (Å²) >= 11 is 0. The maximum atomic E-state index is 12.5. The molecule has 0 aliphatic heterocycles. The Morgan fingerprint density at radius 3 is 2.46 bits per heavy atom. The normalized spacial score (nSPS) is 11.6. The Balaban J connectivity index is 2.06. The molecule has 0 amide bonds. The van der Waals surface area contributed by atoms with E-state index in [-0.39, 0.29) is 11.2 Å². The standard InChI is InChI=1S/C17H17N5O2/c1-11-9-22-13-14(19(2)17(24)20(3)15(13)23)18-16(22)21(11)10-12-7-5-4-6-8-12/h4-9H,10H2,1-3H3. The molecule has 0 bridgehead atoms. The topological polar surface area (TPSA) is 66.2 Å². The van der Waals surface area contributed by atoms with Crippen LogP contribution in [-0.4, -0.2) is 23.1 Å². The largest absolute Gasteiger partial charge is 0.332 e. The highest BCUT2D eigenvalue weighted by Gasteiger charge is 2.18. The molecule has 3 aromatic heterocycles. The van der Waals surface area contributed by atoms with Gasteiger partial charge in [-0.3, -0.25) is 18.3 Å². The molecule has 4 aromatic rings. The van der Waals surface area contributed by atoms with Crippen LogP contribution in [0.4, 0.5) is 0 Å². The molecule has 0 saturated carbocycles. The predicted octanol–water partition coefficient (Wildman–Crippen LogP) is 1.04. The quantitative estimate of drug-likeness (QED) is 0.554. The zero-order valence-electron chi connectivity index (χ0n) is 13.7. The summed E-state index contributed by atoms with van der Waals surface area (Å²) in [5.74, 6) is 0.657. The molecule has 1 aromatic carbocycles. The van der Waals surface area contributed by atoms with Gasteiger partial charge in [0, 0.05) is 26.0 Å². The molecule has 0 spiro atoms. The first-order valence-electron chi connectivity index (χ1n) is 7.67. The second kappa shape index (κ2) is 4.95. The van der Waals surface area contributed by atoms with Crippen molar-refractivity contribution in [1.29, 1.82) is 0 Å². The number of benzene rings is 1. The van der Waals surface area contributed by atoms with E-state index in [9.17, 15) is 9.59 Å². The third-order valence-electron chi connectivity index (χ3n) is 4.44. The van der Waals surface area contributed by atoms with E-state index in [0.717, 1.165) is 15.8 Å². The monoisotopic (exact) mass is 323 g/mol. The molecule has 0 saturated heterocycles. The summed E-state index contributed by atoms with van der Waals surface area (Å²) in [4.78, 5) is 29.2. The number of imidazole rings is 2. The van der Waals surface area contributed by atoms with Crippen LogP contribution in [0.3, 0.4) is 0 Å². The van der Waals surface area contributed by atoms with Crippen molar-refractivity contribution in [1.82, 2.24) is 23.1 Å². The number of aromatic nitrogens is 5. The van der Waals surface area contributed by atoms with Crippen molar-refractivity contribution >= 4 is 16.9 Å². The minimum absolute atomic E-state index is 0.336. The summed E-state index contributed by atoms with van der Waals surface area (Å²) < 4.78 is 6.33. The van der Waals surface area contributed by atoms with Crippen LogP contribution in [0.5, 0.6) is 0 Å². The van der Waals surface area contributed by atoms with E-state index < -0.39 is 0 Å². The molecule has 0 aliphatic carbocycles. The zero-order valence-corrected chi connectivity index (χ0v) is 13.7. The summed E-state index contributed by atoms with van der Waals surface area (Å²) in [6, 6.07) is 10.1. The van der Waals surface area contributed by atoms with Crippen LogP contribution < -0.4 is 11.2 Å². The van der Waals surface area contributed by atoms with Crippen molar-refractivity contribution in [3.63, 3.8) is 0 Å². The van der Waals surface area contributed by atoms with Gasteiger partial charge >= 0.3 is 5.69 Å². The van der Waals surface area contributed by atoms with E-state index in [0.29, 0.717) is 23.5 Å². The van der Waals surface area contributed by atoms with Gasteiger partial charge in [0.15, 0.2) is 11.2 Å². The minimum Gasteiger partial charge on any atom is -0.310 e. The van der Waals surface area contributed by atoms with Gasteiger partial charge in [-0.15, -0.1) is 0 Å². The van der Waals surface area contributed by atoms with E-state index in [2.05, 4.69) is 4.98 Å². The van der Waals surface area contributed by atoms with Crippen molar-refractivity contribution in [2.45, 2.75) is 13.5 Å². The fourth-order valence-electron chi connectivity index (χ4n) is 3.09. The Kier molecular flexibility index (Phi) is 2.99. The van der Waals surface area contributed by atoms with Crippen LogP contribution in [0.15, 0.2) is 46.1 Å². The summed E-state index contributed by atoms with van der Waals surface area (Å²) in [7, 11) is 3.11. The third-order valence-corrected chi connectivity index (χ3v) is 4.44. The average Bonchev–Trinajstić information content (AvgIpc) is 3.09. The average molecular weight is 323 g/mol. The molecule has 0 radical (unpaired) electrons. The summed E-state index contributed by atoms with van der Waals surface area (Å²) in [5.41, 5.74) is 2.26. The lowest BCUT2D eigenvalue weighted by atomic mass is 10.2. The molecule has 4 rings (SSSR count). The highest BCUT2D eigenvalue weighted by atomic mass is 16.2. The van der Waals surface area contributed by atoms with Gasteiger partial charge in [-0.2, -0.15) is 4.98 Å². The van der Waals surface area contributed by atoms with Gasteiger partial charge < -0.3 is 4.57 Å². The van der Waals surface area contributed by atoms with Gasteiger partial charge in [0.2, 0.25) is 5.78 Å². The Hall–Kier alpha value is -3.09. The van der Waals surface area contributed by atoms with Crippen LogP contribution in [0.25, 0.3) is 16.9 Å². The summed E-state index contributed by atoms with van der Waals surface area (Å²) in [6.45, 7) is 2.64. The maximum absolute atomic E-state index is 12.5. The number of aryl methyl sites for hydroxylation is 2. The first-order chi connectivity index (χ1) is 11.5. The van der Waals surface area contributed by atoms with Gasteiger partial charge in [-0.05, 0) is 12.5 Å². The van der Waals surface area contributed by atoms with Crippen molar-refractivity contribution in [3.8, 4) is 0 Å². The highest BCUT2D eigenvalue weighted by Crippen LogP contribution is 2.17. The zero-order chi connectivity index (χ0) is 17.0. The molecule has 3 heterocycles. The van der Waals surface area contributed by atoms with Crippen LogP contribution in [0, 0.1) is 6.92 Å². The summed E-state index contributed by atoms with van der Waals surface area (Å²) in [5, 5.41) is 0. The van der Waals surface area contributed by atoms with E-state index in [1.165, 1.54) is 11.6 Å². The molecule has 0 unspecified atom stereocenters. The Morgan fingerprint density at radius 1 is 1.04 bits per heavy atom. The van der Waals surface area contributed by atoms with Crippen molar-refractivity contribution < 1.29 is 0 Å². The number of rotatable bonds is 2. The van der Waals surface area contributed by atoms with Crippen molar-refractivity contribution in [2.75, 3.05) is 0 Å². The lowest BCUT2D eigenvalue weighted by Crippen LogP contribution is -2.37. The molecule has 122 valence electrons. The molecule has 7 heteroatoms. The highest BCUT2D eigenvalue weighted by molar-refractivity contribution is 5.75. The van der Waals surface area contributed by atoms with Gasteiger partial charge in [-0.1, -0.05) is 30.3 Å². The van der Waals surface area contributed by atoms with Gasteiger partial charge in [0.25, 0.3) is 5.56 Å². The summed E-state index contributed by atoms with van der Waals surface area (Å²) in [6.07, 6.45) is 1.89. The Morgan fingerprint density at radius 2 is 1.75 bits per heavy atom. The fourth-order valence-corrected chi connectivity index (χ4v) is 3.09. The van der Waals surface area contributed by atoms with E-state index in [4.69, 9.17) is 0 Å². The van der Waals surface area contributed by atoms with Gasteiger partial charge in [0.1, 0.15) is 0 Å². The second-order valence-electron chi connectivity index (χ2n) is 6.00. The van der Waals surface area contributed by atoms with Crippen molar-refractivity contribution in [2.24, 2.45) is 14.1 Å². The number of hydrogen-bond donors (Lipinski definition) is 0. The molecule has 7 nitrogen and oxygen atoms in total. The first-order valence-corrected chi connectivity index (χ1v) is 7.67. The van der Waals surface area contributed by atoms with Crippen LogP contribution >= 0.6 is 0 Å². The number of hydrogen-bond acceptors (Lipinski definition) is 3. The Labute approximate surface area is 137 Å². The van der Waals surface area contributed by atoms with Gasteiger partial charge in [-0.25, -0.2) is 4.79 Å². The van der Waals surface area contributed by atoms with Crippen LogP contribution in [-0.2, 0) is 20.6 Å². The van der Waals surface area contributed by atoms with Crippen LogP contribution in [0.2, 0.25) is 0 Å². The maximum Gasteiger partial charge on any atom is 0.332 e. The molecule has 0 fully saturated rings. The third kappa shape index (κ3) is 1.87. The molecular formula is C17H17N5O2. The lowest BCUT2D eigenvalue weighted by Gasteiger charge is -2.05. The van der Waals surface area contributed by atoms with E-state index >= 15 is 0 Å². The molecule has 0 atom stereocenters. The predicted molar refractivity (Wildman–Crippen MR) is 91.5 cm³/mol. The molecule has 0 N–H and O–H groups in total. The second-order valence-corrected chi connectivity index (χ2v) is 6.00. The van der Waals surface area contributed by atoms with Crippen molar-refractivity contribution in [3.05, 3.63) is 68.6 Å². The SMILES string of the molecule is Cc1cn2c3c(=O)n(C)c(=O)n(C)c3nc2n1Cc1ccccc1. The number of nitrogens with zero attached hydrogens (tertiary/aromatic N) is 5. The number of fused-ring (bicyclic) bond motifs is 3. The lowest BCUT2D eigenvalue weighted by molar-refractivity contribution is 0.707. The minimum atomic E-state index is -0.375. The smallest absolute Gasteiger partial charge is 0.310 e. The molecular weight excluding hydrogens is 306 g/mol.